The molecular weight excluding hydrogens is 936 g/mol. The Morgan fingerprint density at radius 3 is 1.96 bits per heavy atom. The number of hydrogen-bond donors (Lipinski definition) is 11. The van der Waals surface area contributed by atoms with Crippen molar-refractivity contribution in [2.75, 3.05) is 26.9 Å². The minimum Gasteiger partial charge on any atom is -0.504 e. The molecule has 11 N–H and O–H groups in total. The normalized spacial score (nSPS) is 41.1. The number of methoxy groups -OCH3 is 1. The first-order valence-electron chi connectivity index (χ1n) is 22.3. The first-order chi connectivity index (χ1) is 33.5. The van der Waals surface area contributed by atoms with Crippen LogP contribution in [-0.4, -0.2) is 211 Å². The number of esters is 2. The topological polar surface area (TPSA) is 362 Å². The van der Waals surface area contributed by atoms with E-state index in [1.165, 1.54) is 50.6 Å². The van der Waals surface area contributed by atoms with Crippen LogP contribution >= 0.6 is 0 Å². The molecule has 21 atom stereocenters. The molecule has 24 nitrogen and oxygen atoms in total. The minimum atomic E-state index is -2.01. The number of phenols is 2. The molecule has 5 aliphatic heterocycles. The molecule has 384 valence electrons. The van der Waals surface area contributed by atoms with Gasteiger partial charge in [0.25, 0.3) is 0 Å². The van der Waals surface area contributed by atoms with Crippen LogP contribution in [0.4, 0.5) is 0 Å². The second-order valence-electron chi connectivity index (χ2n) is 17.6. The average Bonchev–Trinajstić information content (AvgIpc) is 4.03. The zero-order chi connectivity index (χ0) is 50.2. The zero-order valence-electron chi connectivity index (χ0n) is 37.4. The van der Waals surface area contributed by atoms with Gasteiger partial charge in [-0.05, 0) is 60.5 Å². The van der Waals surface area contributed by atoms with E-state index in [2.05, 4.69) is 0 Å². The number of aliphatic hydroxyl groups is 9. The fourth-order valence-corrected chi connectivity index (χ4v) is 9.28. The first-order valence-corrected chi connectivity index (χ1v) is 22.3. The van der Waals surface area contributed by atoms with Gasteiger partial charge in [0.05, 0.1) is 44.7 Å². The number of ether oxygens (including phenoxy) is 11. The number of fused-ring (bicyclic) bond motifs is 3. The molecule has 0 radical (unpaired) electrons. The number of epoxide rings is 1. The molecule has 24 heteroatoms. The van der Waals surface area contributed by atoms with E-state index in [-0.39, 0.29) is 5.75 Å². The Bertz CT molecular complexity index is 2220. The number of carbonyl (C=O) groups excluding carboxylic acids is 2. The van der Waals surface area contributed by atoms with Crippen molar-refractivity contribution in [1.29, 1.82) is 0 Å². The summed E-state index contributed by atoms with van der Waals surface area (Å²) < 4.78 is 64.0. The maximum Gasteiger partial charge on any atom is 0.331 e. The van der Waals surface area contributed by atoms with Crippen molar-refractivity contribution >= 4 is 24.1 Å². The van der Waals surface area contributed by atoms with E-state index in [0.29, 0.717) is 16.9 Å². The number of benzene rings is 2. The molecule has 2 aromatic rings. The molecule has 0 unspecified atom stereocenters. The molecule has 0 spiro atoms. The third-order valence-corrected chi connectivity index (χ3v) is 13.2. The summed E-state index contributed by atoms with van der Waals surface area (Å²) in [6.07, 6.45) is -21.0. The highest BCUT2D eigenvalue weighted by atomic mass is 16.8. The van der Waals surface area contributed by atoms with Crippen LogP contribution in [0.25, 0.3) is 12.2 Å². The summed E-state index contributed by atoms with van der Waals surface area (Å²) >= 11 is 0. The fraction of sp³-hybridized carbons (Fsp3) is 0.565. The predicted molar refractivity (Wildman–Crippen MR) is 229 cm³/mol. The van der Waals surface area contributed by atoms with Crippen molar-refractivity contribution in [1.82, 2.24) is 0 Å². The maximum atomic E-state index is 13.4. The summed E-state index contributed by atoms with van der Waals surface area (Å²) in [5.41, 5.74) is -0.460. The highest BCUT2D eigenvalue weighted by molar-refractivity contribution is 5.87. The summed E-state index contributed by atoms with van der Waals surface area (Å²) in [6.45, 7) is -0.545. The average molecular weight is 993 g/mol. The Kier molecular flexibility index (Phi) is 15.8. The molecule has 5 fully saturated rings. The molecule has 0 amide bonds. The Morgan fingerprint density at radius 2 is 1.29 bits per heavy atom. The largest absolute Gasteiger partial charge is 0.504 e. The lowest BCUT2D eigenvalue weighted by atomic mass is 9.85. The van der Waals surface area contributed by atoms with Crippen LogP contribution in [0.3, 0.4) is 0 Å². The molecule has 70 heavy (non-hydrogen) atoms. The Hall–Kier alpha value is -4.84. The third-order valence-electron chi connectivity index (χ3n) is 13.2. The number of phenolic OH excluding ortho intramolecular Hbond substituents is 2. The van der Waals surface area contributed by atoms with Crippen molar-refractivity contribution in [3.8, 4) is 17.2 Å². The van der Waals surface area contributed by atoms with Crippen LogP contribution in [0.15, 0.2) is 67.0 Å². The van der Waals surface area contributed by atoms with Crippen molar-refractivity contribution in [2.45, 2.75) is 123 Å². The van der Waals surface area contributed by atoms with E-state index in [9.17, 15) is 65.8 Å². The maximum absolute atomic E-state index is 13.4. The van der Waals surface area contributed by atoms with Gasteiger partial charge in [0, 0.05) is 18.1 Å². The van der Waals surface area contributed by atoms with Crippen LogP contribution in [0.5, 0.6) is 17.2 Å². The van der Waals surface area contributed by atoms with E-state index < -0.39 is 166 Å². The lowest BCUT2D eigenvalue weighted by molar-refractivity contribution is -0.364. The van der Waals surface area contributed by atoms with Gasteiger partial charge in [0.1, 0.15) is 85.1 Å². The number of carbonyl (C=O) groups is 2. The summed E-state index contributed by atoms with van der Waals surface area (Å²) in [7, 11) is 1.50. The number of aliphatic hydroxyl groups excluding tert-OH is 9. The Morgan fingerprint density at radius 1 is 0.671 bits per heavy atom. The van der Waals surface area contributed by atoms with Crippen LogP contribution in [0.1, 0.15) is 18.1 Å². The lowest BCUT2D eigenvalue weighted by Gasteiger charge is -2.47. The van der Waals surface area contributed by atoms with E-state index in [1.54, 1.807) is 30.3 Å². The van der Waals surface area contributed by atoms with Gasteiger partial charge in [-0.2, -0.15) is 0 Å². The third kappa shape index (κ3) is 10.4. The predicted octanol–water partition coefficient (Wildman–Crippen LogP) is -2.97. The summed E-state index contributed by atoms with van der Waals surface area (Å²) in [5.74, 6) is -3.74. The molecular formula is C46H56O24. The van der Waals surface area contributed by atoms with Crippen molar-refractivity contribution in [2.24, 2.45) is 11.8 Å². The van der Waals surface area contributed by atoms with Gasteiger partial charge in [-0.3, -0.25) is 0 Å². The SMILES string of the molecule is COc1ccc(C=CC(=O)O[C@@H]2[C@@H](O[C@@H]3O[C@H](COC(=O)C=Cc4ccc(O)c(O)c4)[C@@H](O)[C@H](O)[C@H]3O)[C@@H](O)[C@H](O[C@H]3[C@@H]4C=CO[C@@H](O[C@@H]5O[C@H](CO)[C@@H](O)[C@H](O)[C@H]5O)[C@@H]4[C@@]4(CO)O[C@@H]34)O[C@H]2C)cc1. The minimum absolute atomic E-state index is 0.325. The molecule has 1 aliphatic carbocycles. The quantitative estimate of drug-likeness (QED) is 0.0346. The van der Waals surface area contributed by atoms with Gasteiger partial charge in [0.2, 0.25) is 6.29 Å². The van der Waals surface area contributed by atoms with Crippen LogP contribution in [-0.2, 0) is 57.0 Å². The number of rotatable bonds is 16. The Balaban J connectivity index is 1.00. The van der Waals surface area contributed by atoms with Crippen molar-refractivity contribution in [3.05, 3.63) is 78.1 Å². The van der Waals surface area contributed by atoms with E-state index >= 15 is 0 Å². The standard InChI is InChI=1S/C46H56O24/c1-19-38(66-29(52)12-6-20-3-8-22(60-2)9-4-20)40(68-43-35(57)34(56)32(54)27(65-43)17-62-28(51)11-7-21-5-10-24(49)25(50)15-21)37(59)45(63-19)67-39-23-13-14-61-42(30(23)46(18-48)41(39)70-46)69-44-36(58)33(55)31(53)26(16-47)64-44/h3-15,19,23,26-27,30-45,47-50,53-59H,16-18H2,1-2H3/t19-,23+,26+,27+,30+,31+,32+,33-,34-,35+,36+,37+,38-,39-,40-,41-,42-,43-,44-,45-,46+/m0/s1. The van der Waals surface area contributed by atoms with Crippen molar-refractivity contribution in [3.63, 3.8) is 0 Å². The van der Waals surface area contributed by atoms with Gasteiger partial charge in [0.15, 0.2) is 36.5 Å². The second kappa shape index (κ2) is 21.5. The summed E-state index contributed by atoms with van der Waals surface area (Å²) in [4.78, 5) is 26.1. The molecule has 4 saturated heterocycles. The molecule has 1 saturated carbocycles. The fourth-order valence-electron chi connectivity index (χ4n) is 9.28. The number of hydrogen-bond acceptors (Lipinski definition) is 24. The van der Waals surface area contributed by atoms with Crippen LogP contribution in [0, 0.1) is 11.8 Å². The van der Waals surface area contributed by atoms with E-state index in [4.69, 9.17) is 52.1 Å². The van der Waals surface area contributed by atoms with Gasteiger partial charge in [-0.1, -0.05) is 18.2 Å². The summed E-state index contributed by atoms with van der Waals surface area (Å²) in [5, 5.41) is 116. The van der Waals surface area contributed by atoms with Gasteiger partial charge < -0.3 is 108 Å². The highest BCUT2D eigenvalue weighted by Crippen LogP contribution is 2.61. The number of aromatic hydroxyl groups is 2. The highest BCUT2D eigenvalue weighted by Gasteiger charge is 2.77. The van der Waals surface area contributed by atoms with Crippen molar-refractivity contribution < 1.29 is 118 Å². The molecule has 5 heterocycles. The Labute approximate surface area is 398 Å². The second-order valence-corrected chi connectivity index (χ2v) is 17.6. The smallest absolute Gasteiger partial charge is 0.331 e. The molecule has 8 rings (SSSR count). The molecule has 2 aromatic carbocycles. The summed E-state index contributed by atoms with van der Waals surface area (Å²) in [6, 6.07) is 10.5. The van der Waals surface area contributed by atoms with E-state index in [0.717, 1.165) is 12.2 Å². The first kappa shape index (κ1) is 51.5. The van der Waals surface area contributed by atoms with E-state index in [1.807, 2.05) is 0 Å². The molecule has 6 aliphatic rings. The van der Waals surface area contributed by atoms with Gasteiger partial charge in [-0.15, -0.1) is 0 Å². The molecule has 0 aromatic heterocycles. The monoisotopic (exact) mass is 992 g/mol. The zero-order valence-corrected chi connectivity index (χ0v) is 37.4. The van der Waals surface area contributed by atoms with Gasteiger partial charge in [-0.25, -0.2) is 9.59 Å². The van der Waals surface area contributed by atoms with Gasteiger partial charge >= 0.3 is 11.9 Å². The van der Waals surface area contributed by atoms with Crippen LogP contribution in [0.2, 0.25) is 0 Å². The molecule has 0 bridgehead atoms. The lowest BCUT2D eigenvalue weighted by Crippen LogP contribution is -2.65. The van der Waals surface area contributed by atoms with Crippen LogP contribution < -0.4 is 4.74 Å².